The van der Waals surface area contributed by atoms with Crippen LogP contribution in [0.5, 0.6) is 0 Å². The Morgan fingerprint density at radius 3 is 2.62 bits per heavy atom. The van der Waals surface area contributed by atoms with Gasteiger partial charge in [0.05, 0.1) is 21.8 Å². The van der Waals surface area contributed by atoms with Gasteiger partial charge in [-0.15, -0.1) is 11.3 Å². The molecule has 32 heavy (non-hydrogen) atoms. The highest BCUT2D eigenvalue weighted by Gasteiger charge is 2.34. The molecule has 2 heterocycles. The zero-order valence-electron chi connectivity index (χ0n) is 18.4. The van der Waals surface area contributed by atoms with E-state index in [1.165, 1.54) is 28.8 Å². The molecule has 1 saturated heterocycles. The molecule has 1 saturated carbocycles. The van der Waals surface area contributed by atoms with Gasteiger partial charge in [-0.05, 0) is 43.9 Å². The van der Waals surface area contributed by atoms with E-state index in [1.54, 1.807) is 11.1 Å². The number of carbonyl (C=O) groups is 1. The number of rotatable bonds is 5. The van der Waals surface area contributed by atoms with Crippen molar-refractivity contribution in [3.63, 3.8) is 0 Å². The molecule has 0 spiro atoms. The highest BCUT2D eigenvalue weighted by Crippen LogP contribution is 2.38. The summed E-state index contributed by atoms with van der Waals surface area (Å²) in [6.45, 7) is 4.82. The second-order valence-corrected chi connectivity index (χ2v) is 9.32. The molecule has 2 aliphatic rings. The predicted octanol–water partition coefficient (Wildman–Crippen LogP) is 4.78. The topological polar surface area (TPSA) is 88.5 Å². The molecule has 2 aromatic rings. The van der Waals surface area contributed by atoms with Crippen molar-refractivity contribution in [1.29, 1.82) is 0 Å². The van der Waals surface area contributed by atoms with Gasteiger partial charge in [0.1, 0.15) is 11.6 Å². The van der Waals surface area contributed by atoms with Crippen molar-refractivity contribution in [2.24, 2.45) is 17.5 Å². The first kappa shape index (κ1) is 24.3. The molecule has 1 aliphatic carbocycles. The first-order valence-corrected chi connectivity index (χ1v) is 11.7. The zero-order chi connectivity index (χ0) is 23.5. The number of halogens is 3. The number of nitrogens with two attached hydrogens (primary N) is 2. The monoisotopic (exact) mass is 469 g/mol. The quantitative estimate of drug-likeness (QED) is 0.486. The van der Waals surface area contributed by atoms with Crippen LogP contribution in [0.3, 0.4) is 0 Å². The zero-order valence-corrected chi connectivity index (χ0v) is 19.2. The number of hydrazine groups is 1. The number of thiazole rings is 1. The second-order valence-electron chi connectivity index (χ2n) is 8.26. The molecule has 4 rings (SSSR count). The molecule has 1 atom stereocenters. The molecule has 0 radical (unpaired) electrons. The lowest BCUT2D eigenvalue weighted by Crippen LogP contribution is -2.41. The summed E-state index contributed by atoms with van der Waals surface area (Å²) in [5.74, 6) is 6.13. The Bertz CT molecular complexity index is 970. The number of amides is 1. The maximum atomic E-state index is 12.9. The fraction of sp³-hybridized carbons (Fsp3) is 0.545. The minimum absolute atomic E-state index is 0.00691. The first-order valence-electron chi connectivity index (χ1n) is 10.9. The van der Waals surface area contributed by atoms with Gasteiger partial charge in [0.2, 0.25) is 5.91 Å². The van der Waals surface area contributed by atoms with E-state index in [0.717, 1.165) is 37.8 Å². The average Bonchev–Trinajstić information content (AvgIpc) is 3.29. The largest absolute Gasteiger partial charge is 0.416 e. The van der Waals surface area contributed by atoms with Crippen LogP contribution < -0.4 is 11.6 Å². The van der Waals surface area contributed by atoms with Crippen LogP contribution in [0.4, 0.5) is 13.2 Å². The molecule has 1 unspecified atom stereocenters. The van der Waals surface area contributed by atoms with Gasteiger partial charge in [-0.25, -0.2) is 10.8 Å². The summed E-state index contributed by atoms with van der Waals surface area (Å²) in [6.07, 6.45) is 2.08. The molecular weight excluding hydrogens is 439 g/mol. The number of fused-ring (bicyclic) bond motifs is 1. The summed E-state index contributed by atoms with van der Waals surface area (Å²) in [4.78, 5) is 18.9. The first-order chi connectivity index (χ1) is 15.1. The summed E-state index contributed by atoms with van der Waals surface area (Å²) in [6, 6.07) is 3.31. The standard InChI is InChI=1S/C19H22F3N5OS.C3H8/c20-19(21,22)12-5-6-16-14(8-12)25-18(29-16)15-2-1-7-27(15)17(28)10-26(24)9-13(23)11-3-4-11;1-3-2/h5-6,8-9,11,15H,1-4,7,10,23-24H2;3H2,1-2H3/b13-9-;. The smallest absolute Gasteiger partial charge is 0.401 e. The van der Waals surface area contributed by atoms with Crippen molar-refractivity contribution < 1.29 is 18.0 Å². The molecule has 1 amide bonds. The number of hydrogen-bond donors (Lipinski definition) is 2. The van der Waals surface area contributed by atoms with Crippen molar-refractivity contribution in [2.75, 3.05) is 13.1 Å². The minimum Gasteiger partial charge on any atom is -0.401 e. The lowest BCUT2D eigenvalue weighted by Gasteiger charge is -2.25. The van der Waals surface area contributed by atoms with Crippen molar-refractivity contribution in [1.82, 2.24) is 14.9 Å². The van der Waals surface area contributed by atoms with Gasteiger partial charge in [-0.3, -0.25) is 4.79 Å². The lowest BCUT2D eigenvalue weighted by atomic mass is 10.2. The number of nitrogens with zero attached hydrogens (tertiary/aromatic N) is 3. The maximum Gasteiger partial charge on any atom is 0.416 e. The number of hydrogen-bond acceptors (Lipinski definition) is 6. The van der Waals surface area contributed by atoms with E-state index in [9.17, 15) is 18.0 Å². The van der Waals surface area contributed by atoms with Crippen molar-refractivity contribution in [3.05, 3.63) is 40.7 Å². The third-order valence-corrected chi connectivity index (χ3v) is 6.41. The molecule has 176 valence electrons. The van der Waals surface area contributed by atoms with E-state index < -0.39 is 11.7 Å². The number of carbonyl (C=O) groups excluding carboxylic acids is 1. The van der Waals surface area contributed by atoms with Crippen molar-refractivity contribution in [3.8, 4) is 0 Å². The highest BCUT2D eigenvalue weighted by molar-refractivity contribution is 7.18. The van der Waals surface area contributed by atoms with Crippen LogP contribution in [0.2, 0.25) is 0 Å². The number of alkyl halides is 3. The SMILES string of the molecule is CCC.N/C(=C\N(N)CC(=O)N1CCCC1c1nc2cc(C(F)(F)F)ccc2s1)C1CC1. The summed E-state index contributed by atoms with van der Waals surface area (Å²) in [5, 5.41) is 1.96. The van der Waals surface area contributed by atoms with E-state index in [0.29, 0.717) is 33.4 Å². The van der Waals surface area contributed by atoms with Crippen LogP contribution >= 0.6 is 11.3 Å². The molecule has 1 aromatic heterocycles. The molecular formula is C22H30F3N5OS. The third kappa shape index (κ3) is 5.92. The molecule has 2 fully saturated rings. The Labute approximate surface area is 190 Å². The average molecular weight is 470 g/mol. The molecule has 0 bridgehead atoms. The Morgan fingerprint density at radius 1 is 1.31 bits per heavy atom. The fourth-order valence-electron chi connectivity index (χ4n) is 3.59. The normalized spacial score (nSPS) is 19.1. The van der Waals surface area contributed by atoms with E-state index in [4.69, 9.17) is 11.6 Å². The Morgan fingerprint density at radius 2 is 2.00 bits per heavy atom. The maximum absolute atomic E-state index is 12.9. The Kier molecular flexibility index (Phi) is 7.66. The van der Waals surface area contributed by atoms with E-state index >= 15 is 0 Å². The molecule has 10 heteroatoms. The fourth-order valence-corrected chi connectivity index (χ4v) is 4.69. The number of benzene rings is 1. The van der Waals surface area contributed by atoms with Crippen LogP contribution in [0.25, 0.3) is 10.2 Å². The van der Waals surface area contributed by atoms with Crippen LogP contribution in [0.15, 0.2) is 30.1 Å². The summed E-state index contributed by atoms with van der Waals surface area (Å²) < 4.78 is 39.5. The summed E-state index contributed by atoms with van der Waals surface area (Å²) >= 11 is 1.33. The minimum atomic E-state index is -4.41. The van der Waals surface area contributed by atoms with Gasteiger partial charge in [0.15, 0.2) is 0 Å². The number of aromatic nitrogens is 1. The molecule has 1 aromatic carbocycles. The van der Waals surface area contributed by atoms with Gasteiger partial charge in [0.25, 0.3) is 0 Å². The predicted molar refractivity (Wildman–Crippen MR) is 120 cm³/mol. The summed E-state index contributed by atoms with van der Waals surface area (Å²) in [5.41, 5.74) is 6.21. The van der Waals surface area contributed by atoms with Gasteiger partial charge in [-0.2, -0.15) is 13.2 Å². The van der Waals surface area contributed by atoms with E-state index in [2.05, 4.69) is 18.8 Å². The lowest BCUT2D eigenvalue weighted by molar-refractivity contribution is -0.137. The third-order valence-electron chi connectivity index (χ3n) is 5.27. The van der Waals surface area contributed by atoms with Gasteiger partial charge >= 0.3 is 6.18 Å². The Balaban J connectivity index is 0.000000913. The highest BCUT2D eigenvalue weighted by atomic mass is 32.1. The van der Waals surface area contributed by atoms with Crippen LogP contribution in [-0.2, 0) is 11.0 Å². The van der Waals surface area contributed by atoms with Gasteiger partial charge in [-0.1, -0.05) is 20.3 Å². The van der Waals surface area contributed by atoms with E-state index in [-0.39, 0.29) is 18.5 Å². The van der Waals surface area contributed by atoms with Gasteiger partial charge in [0, 0.05) is 24.4 Å². The van der Waals surface area contributed by atoms with Gasteiger partial charge < -0.3 is 15.6 Å². The van der Waals surface area contributed by atoms with Crippen LogP contribution in [0, 0.1) is 5.92 Å². The number of allylic oxidation sites excluding steroid dienone is 1. The van der Waals surface area contributed by atoms with Crippen molar-refractivity contribution >= 4 is 27.5 Å². The summed E-state index contributed by atoms with van der Waals surface area (Å²) in [7, 11) is 0. The molecule has 6 nitrogen and oxygen atoms in total. The van der Waals surface area contributed by atoms with Crippen LogP contribution in [-0.4, -0.2) is 33.9 Å². The van der Waals surface area contributed by atoms with E-state index in [1.807, 2.05) is 0 Å². The number of likely N-dealkylation sites (tertiary alicyclic amines) is 1. The molecule has 1 aliphatic heterocycles. The second kappa shape index (κ2) is 10.1. The van der Waals surface area contributed by atoms with Crippen molar-refractivity contribution in [2.45, 2.75) is 58.2 Å². The molecule has 4 N–H and O–H groups in total. The van der Waals surface area contributed by atoms with Crippen LogP contribution in [0.1, 0.15) is 62.6 Å². The Hall–Kier alpha value is -2.33.